The Morgan fingerprint density at radius 1 is 0.700 bits per heavy atom. The molecule has 20 heavy (non-hydrogen) atoms. The SMILES string of the molecule is COC(=O)CCCCCC=CCCCCCC(=O)OC. The monoisotopic (exact) mass is 284 g/mol. The van der Waals surface area contributed by atoms with E-state index < -0.39 is 0 Å². The Balaban J connectivity index is 3.20. The number of hydrogen-bond donors (Lipinski definition) is 0. The van der Waals surface area contributed by atoms with E-state index in [1.165, 1.54) is 14.2 Å². The molecule has 0 aromatic heterocycles. The van der Waals surface area contributed by atoms with Gasteiger partial charge in [0.15, 0.2) is 0 Å². The van der Waals surface area contributed by atoms with Gasteiger partial charge in [0.25, 0.3) is 0 Å². The highest BCUT2D eigenvalue weighted by molar-refractivity contribution is 5.69. The Bertz CT molecular complexity index is 256. The smallest absolute Gasteiger partial charge is 0.305 e. The van der Waals surface area contributed by atoms with E-state index in [-0.39, 0.29) is 11.9 Å². The highest BCUT2D eigenvalue weighted by Gasteiger charge is 1.99. The van der Waals surface area contributed by atoms with Crippen molar-refractivity contribution in [2.24, 2.45) is 0 Å². The summed E-state index contributed by atoms with van der Waals surface area (Å²) in [5.41, 5.74) is 0. The zero-order valence-corrected chi connectivity index (χ0v) is 12.9. The molecule has 0 unspecified atom stereocenters. The predicted octanol–water partition coefficient (Wildman–Crippen LogP) is 3.79. The second-order valence-corrected chi connectivity index (χ2v) is 4.82. The summed E-state index contributed by atoms with van der Waals surface area (Å²) in [5.74, 6) is -0.236. The van der Waals surface area contributed by atoms with Crippen molar-refractivity contribution >= 4 is 11.9 Å². The van der Waals surface area contributed by atoms with E-state index in [0.717, 1.165) is 51.4 Å². The Kier molecular flexibility index (Phi) is 13.2. The fourth-order valence-electron chi connectivity index (χ4n) is 1.86. The average Bonchev–Trinajstić information content (AvgIpc) is 2.47. The Labute approximate surface area is 122 Å². The minimum absolute atomic E-state index is 0.118. The van der Waals surface area contributed by atoms with Crippen molar-refractivity contribution in [3.8, 4) is 0 Å². The average molecular weight is 284 g/mol. The van der Waals surface area contributed by atoms with E-state index >= 15 is 0 Å². The van der Waals surface area contributed by atoms with Gasteiger partial charge in [0, 0.05) is 12.8 Å². The van der Waals surface area contributed by atoms with Gasteiger partial charge in [0.1, 0.15) is 0 Å². The van der Waals surface area contributed by atoms with Crippen LogP contribution in [-0.4, -0.2) is 26.2 Å². The van der Waals surface area contributed by atoms with Crippen molar-refractivity contribution in [1.82, 2.24) is 0 Å². The molecular formula is C16H28O4. The highest BCUT2D eigenvalue weighted by Crippen LogP contribution is 2.07. The zero-order valence-electron chi connectivity index (χ0n) is 12.9. The molecule has 0 spiro atoms. The molecular weight excluding hydrogens is 256 g/mol. The van der Waals surface area contributed by atoms with Crippen LogP contribution < -0.4 is 0 Å². The lowest BCUT2D eigenvalue weighted by Crippen LogP contribution is -1.99. The molecule has 0 aliphatic rings. The molecule has 0 heterocycles. The van der Waals surface area contributed by atoms with Gasteiger partial charge in [0.2, 0.25) is 0 Å². The van der Waals surface area contributed by atoms with Gasteiger partial charge in [-0.3, -0.25) is 9.59 Å². The highest BCUT2D eigenvalue weighted by atomic mass is 16.5. The second-order valence-electron chi connectivity index (χ2n) is 4.82. The maximum atomic E-state index is 10.9. The van der Waals surface area contributed by atoms with Crippen molar-refractivity contribution in [2.45, 2.75) is 64.2 Å². The van der Waals surface area contributed by atoms with Crippen molar-refractivity contribution in [1.29, 1.82) is 0 Å². The molecule has 0 aromatic carbocycles. The maximum absolute atomic E-state index is 10.9. The topological polar surface area (TPSA) is 52.6 Å². The normalized spacial score (nSPS) is 10.7. The van der Waals surface area contributed by atoms with Crippen molar-refractivity contribution in [3.05, 3.63) is 12.2 Å². The minimum Gasteiger partial charge on any atom is -0.469 e. The van der Waals surface area contributed by atoms with Crippen LogP contribution in [0.1, 0.15) is 64.2 Å². The molecule has 4 nitrogen and oxygen atoms in total. The Morgan fingerprint density at radius 2 is 1.10 bits per heavy atom. The molecule has 0 radical (unpaired) electrons. The molecule has 0 amide bonds. The number of hydrogen-bond acceptors (Lipinski definition) is 4. The summed E-state index contributed by atoms with van der Waals surface area (Å²) >= 11 is 0. The maximum Gasteiger partial charge on any atom is 0.305 e. The predicted molar refractivity (Wildman–Crippen MR) is 79.3 cm³/mol. The van der Waals surface area contributed by atoms with Crippen LogP contribution in [0, 0.1) is 0 Å². The summed E-state index contributed by atoms with van der Waals surface area (Å²) in [5, 5.41) is 0. The molecule has 0 aliphatic carbocycles. The van der Waals surface area contributed by atoms with Gasteiger partial charge >= 0.3 is 11.9 Å². The van der Waals surface area contributed by atoms with Crippen molar-refractivity contribution in [3.63, 3.8) is 0 Å². The van der Waals surface area contributed by atoms with Crippen LogP contribution >= 0.6 is 0 Å². The van der Waals surface area contributed by atoms with Gasteiger partial charge in [-0.2, -0.15) is 0 Å². The van der Waals surface area contributed by atoms with Crippen LogP contribution in [0.2, 0.25) is 0 Å². The van der Waals surface area contributed by atoms with E-state index in [2.05, 4.69) is 21.6 Å². The van der Waals surface area contributed by atoms with Crippen molar-refractivity contribution in [2.75, 3.05) is 14.2 Å². The van der Waals surface area contributed by atoms with E-state index in [0.29, 0.717) is 12.8 Å². The largest absolute Gasteiger partial charge is 0.469 e. The quantitative estimate of drug-likeness (QED) is 0.311. The first-order valence-corrected chi connectivity index (χ1v) is 7.49. The molecule has 0 saturated heterocycles. The summed E-state index contributed by atoms with van der Waals surface area (Å²) in [6, 6.07) is 0. The van der Waals surface area contributed by atoms with Gasteiger partial charge in [0.05, 0.1) is 14.2 Å². The van der Waals surface area contributed by atoms with Gasteiger partial charge in [-0.1, -0.05) is 25.0 Å². The van der Waals surface area contributed by atoms with Crippen LogP contribution in [-0.2, 0) is 19.1 Å². The number of unbranched alkanes of at least 4 members (excludes halogenated alkanes) is 6. The number of esters is 2. The molecule has 0 saturated carbocycles. The van der Waals surface area contributed by atoms with Gasteiger partial charge in [-0.25, -0.2) is 0 Å². The summed E-state index contributed by atoms with van der Waals surface area (Å²) in [6.45, 7) is 0. The fourth-order valence-corrected chi connectivity index (χ4v) is 1.86. The lowest BCUT2D eigenvalue weighted by atomic mass is 10.1. The van der Waals surface area contributed by atoms with Crippen LogP contribution in [0.25, 0.3) is 0 Å². The zero-order chi connectivity index (χ0) is 15.1. The first kappa shape index (κ1) is 18.7. The third-order valence-corrected chi connectivity index (χ3v) is 3.13. The molecule has 0 atom stereocenters. The summed E-state index contributed by atoms with van der Waals surface area (Å²) in [7, 11) is 2.85. The molecule has 0 bridgehead atoms. The molecule has 116 valence electrons. The van der Waals surface area contributed by atoms with Crippen LogP contribution in [0.3, 0.4) is 0 Å². The number of allylic oxidation sites excluding steroid dienone is 2. The van der Waals surface area contributed by atoms with E-state index in [9.17, 15) is 9.59 Å². The van der Waals surface area contributed by atoms with Crippen molar-refractivity contribution < 1.29 is 19.1 Å². The molecule has 0 rings (SSSR count). The number of ether oxygens (including phenoxy) is 2. The molecule has 0 aromatic rings. The number of rotatable bonds is 12. The molecule has 0 aliphatic heterocycles. The van der Waals surface area contributed by atoms with Crippen LogP contribution in [0.4, 0.5) is 0 Å². The summed E-state index contributed by atoms with van der Waals surface area (Å²) < 4.78 is 9.16. The molecule has 0 N–H and O–H groups in total. The fraction of sp³-hybridized carbons (Fsp3) is 0.750. The standard InChI is InChI=1S/C16H28O4/c1-19-15(17)13-11-9-7-5-3-4-6-8-10-12-14-16(18)20-2/h3-4H,5-14H2,1-2H3. The van der Waals surface area contributed by atoms with E-state index in [1.807, 2.05) is 0 Å². The number of methoxy groups -OCH3 is 2. The minimum atomic E-state index is -0.118. The summed E-state index contributed by atoms with van der Waals surface area (Å²) in [6.07, 6.45) is 13.8. The number of carbonyl (C=O) groups is 2. The third-order valence-electron chi connectivity index (χ3n) is 3.13. The first-order valence-electron chi connectivity index (χ1n) is 7.49. The first-order chi connectivity index (χ1) is 9.70. The van der Waals surface area contributed by atoms with Gasteiger partial charge in [-0.15, -0.1) is 0 Å². The molecule has 4 heteroatoms. The lowest BCUT2D eigenvalue weighted by Gasteiger charge is -1.99. The van der Waals surface area contributed by atoms with Gasteiger partial charge in [-0.05, 0) is 38.5 Å². The van der Waals surface area contributed by atoms with Crippen LogP contribution in [0.15, 0.2) is 12.2 Å². The third kappa shape index (κ3) is 13.1. The number of carbonyl (C=O) groups excluding carboxylic acids is 2. The van der Waals surface area contributed by atoms with E-state index in [4.69, 9.17) is 0 Å². The second kappa shape index (κ2) is 14.1. The lowest BCUT2D eigenvalue weighted by molar-refractivity contribution is -0.141. The molecule has 0 fully saturated rings. The Hall–Kier alpha value is -1.32. The Morgan fingerprint density at radius 3 is 1.45 bits per heavy atom. The van der Waals surface area contributed by atoms with Gasteiger partial charge < -0.3 is 9.47 Å². The van der Waals surface area contributed by atoms with Crippen LogP contribution in [0.5, 0.6) is 0 Å². The van der Waals surface area contributed by atoms with E-state index in [1.54, 1.807) is 0 Å². The summed E-state index contributed by atoms with van der Waals surface area (Å²) in [4.78, 5) is 21.7.